The molecule has 1 N–H and O–H groups in total. The van der Waals surface area contributed by atoms with Crippen LogP contribution in [0.15, 0.2) is 71.4 Å². The normalized spacial score (nSPS) is 19.3. The molecule has 200 valence electrons. The first kappa shape index (κ1) is 25.9. The van der Waals surface area contributed by atoms with E-state index in [1.807, 2.05) is 6.08 Å². The van der Waals surface area contributed by atoms with E-state index < -0.39 is 12.0 Å². The summed E-state index contributed by atoms with van der Waals surface area (Å²) in [7, 11) is 0. The average Bonchev–Trinajstić information content (AvgIpc) is 3.57. The number of hydrogen-bond acceptors (Lipinski definition) is 8. The zero-order valence-electron chi connectivity index (χ0n) is 21.5. The number of hydrogen-bond donors (Lipinski definition) is 1. The van der Waals surface area contributed by atoms with Gasteiger partial charge in [-0.1, -0.05) is 48.5 Å². The lowest BCUT2D eigenvalue weighted by molar-refractivity contribution is -0.137. The van der Waals surface area contributed by atoms with Crippen molar-refractivity contribution in [1.29, 1.82) is 0 Å². The first-order chi connectivity index (χ1) is 19.1. The molecule has 1 unspecified atom stereocenters. The second-order valence-corrected chi connectivity index (χ2v) is 11.8. The van der Waals surface area contributed by atoms with E-state index in [1.165, 1.54) is 34.3 Å². The Hall–Kier alpha value is -3.40. The van der Waals surface area contributed by atoms with Gasteiger partial charge in [-0.3, -0.25) is 9.89 Å². The number of ether oxygens (including phenoxy) is 1. The van der Waals surface area contributed by atoms with E-state index >= 15 is 0 Å². The molecule has 1 atom stereocenters. The van der Waals surface area contributed by atoms with Gasteiger partial charge in [0, 0.05) is 50.6 Å². The van der Waals surface area contributed by atoms with E-state index in [1.54, 1.807) is 0 Å². The number of carboxylic acid groups (broad SMARTS) is 1. The summed E-state index contributed by atoms with van der Waals surface area (Å²) in [5, 5.41) is 10.7. The SMILES string of the molecule is O=C(O)C1CSC(c2nc3c(s2)C=C(OCc2cccc(CN4CCN(c5ccccc5)CC4)c2)CC=C3)=N1. The molecule has 3 aliphatic rings. The van der Waals surface area contributed by atoms with Gasteiger partial charge in [0.25, 0.3) is 0 Å². The zero-order chi connectivity index (χ0) is 26.6. The fourth-order valence-corrected chi connectivity index (χ4v) is 7.03. The fourth-order valence-electron chi connectivity index (χ4n) is 4.92. The third-order valence-electron chi connectivity index (χ3n) is 7.00. The molecule has 1 saturated heterocycles. The van der Waals surface area contributed by atoms with Crippen molar-refractivity contribution < 1.29 is 14.6 Å². The van der Waals surface area contributed by atoms with Crippen LogP contribution in [-0.4, -0.2) is 64.0 Å². The van der Waals surface area contributed by atoms with E-state index in [-0.39, 0.29) is 0 Å². The molecule has 1 aromatic heterocycles. The van der Waals surface area contributed by atoms with Gasteiger partial charge in [-0.2, -0.15) is 0 Å². The number of rotatable bonds is 8. The minimum Gasteiger partial charge on any atom is -0.493 e. The van der Waals surface area contributed by atoms with Crippen LogP contribution in [0.2, 0.25) is 0 Å². The maximum atomic E-state index is 11.3. The summed E-state index contributed by atoms with van der Waals surface area (Å²) in [6, 6.07) is 18.7. The summed E-state index contributed by atoms with van der Waals surface area (Å²) < 4.78 is 6.25. The van der Waals surface area contributed by atoms with Gasteiger partial charge in [-0.15, -0.1) is 23.1 Å². The van der Waals surface area contributed by atoms with E-state index in [0.29, 0.717) is 23.8 Å². The number of aromatic nitrogens is 1. The first-order valence-corrected chi connectivity index (χ1v) is 15.0. The molecule has 1 fully saturated rings. The summed E-state index contributed by atoms with van der Waals surface area (Å²) >= 11 is 2.99. The van der Waals surface area contributed by atoms with Crippen molar-refractivity contribution >= 4 is 52.0 Å². The highest BCUT2D eigenvalue weighted by Crippen LogP contribution is 2.32. The predicted octanol–water partition coefficient (Wildman–Crippen LogP) is 5.39. The zero-order valence-corrected chi connectivity index (χ0v) is 23.2. The summed E-state index contributed by atoms with van der Waals surface area (Å²) in [5.41, 5.74) is 4.65. The Morgan fingerprint density at radius 2 is 1.87 bits per heavy atom. The summed E-state index contributed by atoms with van der Waals surface area (Å²) in [5.74, 6) is 0.464. The smallest absolute Gasteiger partial charge is 0.329 e. The molecule has 1 aliphatic carbocycles. The number of anilines is 1. The Labute approximate surface area is 236 Å². The van der Waals surface area contributed by atoms with Crippen LogP contribution in [0, 0.1) is 0 Å². The molecule has 39 heavy (non-hydrogen) atoms. The van der Waals surface area contributed by atoms with Crippen molar-refractivity contribution in [3.05, 3.63) is 93.1 Å². The summed E-state index contributed by atoms with van der Waals surface area (Å²) in [6.07, 6.45) is 6.84. The second kappa shape index (κ2) is 11.8. The predicted molar refractivity (Wildman–Crippen MR) is 159 cm³/mol. The van der Waals surface area contributed by atoms with E-state index in [4.69, 9.17) is 9.72 Å². The molecule has 0 amide bonds. The number of piperazine rings is 1. The standard InChI is InChI=1S/C30H30N4O3S2/c35-30(36)26-20-38-28(32-26)29-31-25-11-5-10-24(17-27(25)39-29)37-19-22-7-4-6-21(16-22)18-33-12-14-34(15-13-33)23-8-2-1-3-9-23/h1-9,11,16-17,26H,10,12-15,18-20H2,(H,35,36). The van der Waals surface area contributed by atoms with Gasteiger partial charge in [0.15, 0.2) is 6.04 Å². The molecule has 0 saturated carbocycles. The second-order valence-electron chi connectivity index (χ2n) is 9.79. The van der Waals surface area contributed by atoms with Crippen LogP contribution in [0.5, 0.6) is 0 Å². The van der Waals surface area contributed by atoms with Gasteiger partial charge >= 0.3 is 5.97 Å². The number of nitrogens with zero attached hydrogens (tertiary/aromatic N) is 4. The van der Waals surface area contributed by atoms with Crippen LogP contribution >= 0.6 is 23.1 Å². The topological polar surface area (TPSA) is 78.3 Å². The quantitative estimate of drug-likeness (QED) is 0.397. The van der Waals surface area contributed by atoms with Gasteiger partial charge < -0.3 is 14.7 Å². The molecule has 2 aliphatic heterocycles. The van der Waals surface area contributed by atoms with E-state index in [0.717, 1.165) is 59.6 Å². The van der Waals surface area contributed by atoms with Gasteiger partial charge in [-0.25, -0.2) is 9.78 Å². The largest absolute Gasteiger partial charge is 0.493 e. The molecule has 3 heterocycles. The number of aliphatic carboxylic acids is 1. The van der Waals surface area contributed by atoms with Crippen molar-refractivity contribution in [3.8, 4) is 0 Å². The number of para-hydroxylation sites is 1. The number of thiazole rings is 1. The minimum absolute atomic E-state index is 0.456. The molecule has 9 heteroatoms. The first-order valence-electron chi connectivity index (χ1n) is 13.2. The Kier molecular flexibility index (Phi) is 7.81. The molecule has 3 aromatic rings. The van der Waals surface area contributed by atoms with Gasteiger partial charge in [0.2, 0.25) is 0 Å². The van der Waals surface area contributed by atoms with Crippen molar-refractivity contribution in [2.45, 2.75) is 25.6 Å². The number of thioether (sulfide) groups is 1. The number of aliphatic imine (C=N–C) groups is 1. The highest BCUT2D eigenvalue weighted by atomic mass is 32.2. The van der Waals surface area contributed by atoms with E-state index in [9.17, 15) is 9.90 Å². The molecule has 6 rings (SSSR count). The molecule has 2 aromatic carbocycles. The van der Waals surface area contributed by atoms with Crippen LogP contribution in [0.3, 0.4) is 0 Å². The third-order valence-corrected chi connectivity index (χ3v) is 9.21. The summed E-state index contributed by atoms with van der Waals surface area (Å²) in [6.45, 7) is 5.65. The molecular weight excluding hydrogens is 528 g/mol. The Bertz CT molecular complexity index is 1420. The van der Waals surface area contributed by atoms with E-state index in [2.05, 4.69) is 81.5 Å². The maximum Gasteiger partial charge on any atom is 0.329 e. The number of fused-ring (bicyclic) bond motifs is 1. The van der Waals surface area contributed by atoms with Crippen LogP contribution < -0.4 is 4.90 Å². The molecule has 0 bridgehead atoms. The average molecular weight is 559 g/mol. The monoisotopic (exact) mass is 558 g/mol. The van der Waals surface area contributed by atoms with Crippen LogP contribution in [0.1, 0.15) is 33.1 Å². The number of carbonyl (C=O) groups is 1. The van der Waals surface area contributed by atoms with Crippen molar-refractivity contribution in [3.63, 3.8) is 0 Å². The molecule has 0 radical (unpaired) electrons. The number of benzene rings is 2. The van der Waals surface area contributed by atoms with Gasteiger partial charge in [-0.05, 0) is 35.4 Å². The van der Waals surface area contributed by atoms with Crippen LogP contribution in [-0.2, 0) is 22.7 Å². The van der Waals surface area contributed by atoms with Gasteiger partial charge in [0.1, 0.15) is 22.4 Å². The Morgan fingerprint density at radius 3 is 2.67 bits per heavy atom. The lowest BCUT2D eigenvalue weighted by atomic mass is 10.1. The highest BCUT2D eigenvalue weighted by molar-refractivity contribution is 8.15. The summed E-state index contributed by atoms with van der Waals surface area (Å²) in [4.78, 5) is 26.3. The fraction of sp³-hybridized carbons (Fsp3) is 0.300. The third kappa shape index (κ3) is 6.27. The Morgan fingerprint density at radius 1 is 1.05 bits per heavy atom. The maximum absolute atomic E-state index is 11.3. The number of carboxylic acids is 1. The lowest BCUT2D eigenvalue weighted by Crippen LogP contribution is -2.45. The van der Waals surface area contributed by atoms with Crippen molar-refractivity contribution in [2.75, 3.05) is 36.8 Å². The van der Waals surface area contributed by atoms with Crippen LogP contribution in [0.25, 0.3) is 12.2 Å². The molecule has 0 spiro atoms. The lowest BCUT2D eigenvalue weighted by Gasteiger charge is -2.36. The van der Waals surface area contributed by atoms with Crippen LogP contribution in [0.4, 0.5) is 5.69 Å². The van der Waals surface area contributed by atoms with Crippen molar-refractivity contribution in [1.82, 2.24) is 9.88 Å². The van der Waals surface area contributed by atoms with Crippen molar-refractivity contribution in [2.24, 2.45) is 4.99 Å². The Balaban J connectivity index is 1.05. The molecular formula is C30H30N4O3S2. The van der Waals surface area contributed by atoms with Gasteiger partial charge in [0.05, 0.1) is 10.6 Å². The highest BCUT2D eigenvalue weighted by Gasteiger charge is 2.27. The minimum atomic E-state index is -0.888. The number of allylic oxidation sites excluding steroid dienone is 1. The molecule has 7 nitrogen and oxygen atoms in total.